The third-order valence-electron chi connectivity index (χ3n) is 4.28. The summed E-state index contributed by atoms with van der Waals surface area (Å²) >= 11 is 0. The van der Waals surface area contributed by atoms with Gasteiger partial charge in [0.05, 0.1) is 23.9 Å². The second-order valence-electron chi connectivity index (χ2n) is 5.66. The Balaban J connectivity index is 1.86. The predicted octanol–water partition coefficient (Wildman–Crippen LogP) is 1.38. The average Bonchev–Trinajstić information content (AvgIpc) is 2.89. The number of esters is 1. The standard InChI is InChI=1S/C16H20N4O3S/c1-4-23-16(21)14-7-15(11(2)19(14)3)24(22)20-6-5-12-8-17-18-9-13(12)10-20/h7-9H,4-6,10H2,1-3H3. The molecule has 7 nitrogen and oxygen atoms in total. The molecule has 0 spiro atoms. The van der Waals surface area contributed by atoms with Gasteiger partial charge in [-0.3, -0.25) is 0 Å². The number of hydrogen-bond donors (Lipinski definition) is 0. The van der Waals surface area contributed by atoms with Crippen molar-refractivity contribution in [1.82, 2.24) is 19.1 Å². The molecule has 0 N–H and O–H groups in total. The monoisotopic (exact) mass is 348 g/mol. The molecule has 0 aliphatic carbocycles. The van der Waals surface area contributed by atoms with Crippen LogP contribution in [0.5, 0.6) is 0 Å². The number of carbonyl (C=O) groups is 1. The number of rotatable bonds is 4. The number of aromatic nitrogens is 3. The van der Waals surface area contributed by atoms with Gasteiger partial charge in [-0.2, -0.15) is 10.2 Å². The maximum atomic E-state index is 13.0. The fourth-order valence-electron chi connectivity index (χ4n) is 2.78. The molecule has 1 aliphatic heterocycles. The first-order valence-electron chi connectivity index (χ1n) is 7.81. The maximum absolute atomic E-state index is 13.0. The van der Waals surface area contributed by atoms with Crippen molar-refractivity contribution >= 4 is 17.0 Å². The minimum Gasteiger partial charge on any atom is -0.461 e. The van der Waals surface area contributed by atoms with Crippen molar-refractivity contribution in [2.24, 2.45) is 7.05 Å². The average molecular weight is 348 g/mol. The first-order valence-corrected chi connectivity index (χ1v) is 8.92. The normalized spacial score (nSPS) is 15.8. The highest BCUT2D eigenvalue weighted by atomic mass is 32.2. The van der Waals surface area contributed by atoms with E-state index in [0.717, 1.165) is 23.2 Å². The van der Waals surface area contributed by atoms with Crippen LogP contribution in [0.15, 0.2) is 23.4 Å². The van der Waals surface area contributed by atoms with E-state index in [1.165, 1.54) is 0 Å². The van der Waals surface area contributed by atoms with Crippen molar-refractivity contribution in [3.8, 4) is 0 Å². The summed E-state index contributed by atoms with van der Waals surface area (Å²) in [6.45, 7) is 5.17. The first-order chi connectivity index (χ1) is 11.5. The smallest absolute Gasteiger partial charge is 0.354 e. The Labute approximate surface area is 143 Å². The number of fused-ring (bicyclic) bond motifs is 1. The van der Waals surface area contributed by atoms with Gasteiger partial charge in [-0.05, 0) is 37.5 Å². The van der Waals surface area contributed by atoms with E-state index in [9.17, 15) is 9.00 Å². The Morgan fingerprint density at radius 1 is 1.33 bits per heavy atom. The quantitative estimate of drug-likeness (QED) is 0.780. The predicted molar refractivity (Wildman–Crippen MR) is 88.7 cm³/mol. The molecular formula is C16H20N4O3S. The van der Waals surface area contributed by atoms with E-state index in [-0.39, 0.29) is 0 Å². The van der Waals surface area contributed by atoms with Crippen molar-refractivity contribution in [3.63, 3.8) is 0 Å². The molecule has 0 radical (unpaired) electrons. The van der Waals surface area contributed by atoms with E-state index >= 15 is 0 Å². The second kappa shape index (κ2) is 6.82. The van der Waals surface area contributed by atoms with Crippen LogP contribution in [0.2, 0.25) is 0 Å². The Morgan fingerprint density at radius 3 is 2.75 bits per heavy atom. The topological polar surface area (TPSA) is 77.3 Å². The first kappa shape index (κ1) is 16.8. The van der Waals surface area contributed by atoms with Crippen LogP contribution in [-0.2, 0) is 35.7 Å². The molecule has 0 fully saturated rings. The summed E-state index contributed by atoms with van der Waals surface area (Å²) in [5, 5.41) is 7.80. The van der Waals surface area contributed by atoms with Gasteiger partial charge in [0.15, 0.2) is 0 Å². The zero-order valence-electron chi connectivity index (χ0n) is 14.0. The Hall–Kier alpha value is -2.06. The van der Waals surface area contributed by atoms with E-state index in [0.29, 0.717) is 30.3 Å². The highest BCUT2D eigenvalue weighted by molar-refractivity contribution is 7.82. The van der Waals surface area contributed by atoms with Gasteiger partial charge in [-0.25, -0.2) is 13.3 Å². The molecule has 1 unspecified atom stereocenters. The van der Waals surface area contributed by atoms with Crippen LogP contribution >= 0.6 is 0 Å². The highest BCUT2D eigenvalue weighted by Crippen LogP contribution is 2.25. The Morgan fingerprint density at radius 2 is 2.04 bits per heavy atom. The van der Waals surface area contributed by atoms with Gasteiger partial charge in [0.25, 0.3) is 0 Å². The summed E-state index contributed by atoms with van der Waals surface area (Å²) in [4.78, 5) is 12.7. The lowest BCUT2D eigenvalue weighted by molar-refractivity contribution is 0.0515. The van der Waals surface area contributed by atoms with Gasteiger partial charge >= 0.3 is 5.97 Å². The van der Waals surface area contributed by atoms with E-state index in [1.807, 2.05) is 11.2 Å². The summed E-state index contributed by atoms with van der Waals surface area (Å²) in [7, 11) is 0.439. The molecule has 0 amide bonds. The van der Waals surface area contributed by atoms with Crippen LogP contribution in [0.25, 0.3) is 0 Å². The molecule has 8 heteroatoms. The van der Waals surface area contributed by atoms with Crippen molar-refractivity contribution in [2.75, 3.05) is 13.2 Å². The largest absolute Gasteiger partial charge is 0.461 e. The molecule has 0 saturated heterocycles. The third-order valence-corrected chi connectivity index (χ3v) is 5.85. The fourth-order valence-corrected chi connectivity index (χ4v) is 4.18. The summed E-state index contributed by atoms with van der Waals surface area (Å²) in [5.41, 5.74) is 3.41. The van der Waals surface area contributed by atoms with Gasteiger partial charge in [-0.1, -0.05) is 0 Å². The molecule has 0 aromatic carbocycles. The lowest BCUT2D eigenvalue weighted by Crippen LogP contribution is -2.32. The van der Waals surface area contributed by atoms with E-state index in [2.05, 4.69) is 10.2 Å². The highest BCUT2D eigenvalue weighted by Gasteiger charge is 2.26. The van der Waals surface area contributed by atoms with Crippen molar-refractivity contribution < 1.29 is 13.7 Å². The molecular weight excluding hydrogens is 328 g/mol. The van der Waals surface area contributed by atoms with Crippen LogP contribution in [0.4, 0.5) is 0 Å². The van der Waals surface area contributed by atoms with Crippen LogP contribution in [-0.4, -0.2) is 42.4 Å². The molecule has 24 heavy (non-hydrogen) atoms. The zero-order valence-corrected chi connectivity index (χ0v) is 14.8. The van der Waals surface area contributed by atoms with E-state index in [1.54, 1.807) is 37.0 Å². The number of hydrogen-bond acceptors (Lipinski definition) is 5. The fraction of sp³-hybridized carbons (Fsp3) is 0.438. The SMILES string of the molecule is CCOC(=O)c1cc(S(=O)N2CCc3cnncc3C2)c(C)n1C. The molecule has 128 valence electrons. The Kier molecular flexibility index (Phi) is 4.77. The molecule has 1 aliphatic rings. The van der Waals surface area contributed by atoms with Crippen molar-refractivity contribution in [1.29, 1.82) is 0 Å². The molecule has 0 bridgehead atoms. The molecule has 2 aromatic heterocycles. The van der Waals surface area contributed by atoms with Gasteiger partial charge in [0, 0.05) is 25.8 Å². The maximum Gasteiger partial charge on any atom is 0.354 e. The molecule has 3 heterocycles. The van der Waals surface area contributed by atoms with Crippen LogP contribution in [0, 0.1) is 6.92 Å². The van der Waals surface area contributed by atoms with Crippen LogP contribution in [0.1, 0.15) is 34.2 Å². The van der Waals surface area contributed by atoms with E-state index in [4.69, 9.17) is 4.74 Å². The minimum absolute atomic E-state index is 0.311. The number of ether oxygens (including phenoxy) is 1. The molecule has 3 rings (SSSR count). The number of nitrogens with zero attached hydrogens (tertiary/aromatic N) is 4. The van der Waals surface area contributed by atoms with E-state index < -0.39 is 17.0 Å². The third kappa shape index (κ3) is 2.99. The molecule has 1 atom stereocenters. The minimum atomic E-state index is -1.34. The summed E-state index contributed by atoms with van der Waals surface area (Å²) in [6, 6.07) is 1.67. The zero-order chi connectivity index (χ0) is 17.3. The lowest BCUT2D eigenvalue weighted by atomic mass is 10.1. The van der Waals surface area contributed by atoms with Gasteiger partial charge < -0.3 is 9.30 Å². The lowest BCUT2D eigenvalue weighted by Gasteiger charge is -2.26. The van der Waals surface area contributed by atoms with Gasteiger partial charge in [0.2, 0.25) is 0 Å². The summed E-state index contributed by atoms with van der Waals surface area (Å²) < 4.78 is 21.7. The van der Waals surface area contributed by atoms with Crippen molar-refractivity contribution in [2.45, 2.75) is 31.7 Å². The molecule has 2 aromatic rings. The van der Waals surface area contributed by atoms with Crippen LogP contribution < -0.4 is 0 Å². The Bertz CT molecular complexity index is 803. The van der Waals surface area contributed by atoms with Crippen molar-refractivity contribution in [3.05, 3.63) is 41.0 Å². The number of carbonyl (C=O) groups excluding carboxylic acids is 1. The van der Waals surface area contributed by atoms with Crippen LogP contribution in [0.3, 0.4) is 0 Å². The second-order valence-corrected chi connectivity index (χ2v) is 7.12. The van der Waals surface area contributed by atoms with Gasteiger partial charge in [0.1, 0.15) is 16.7 Å². The molecule has 0 saturated carbocycles. The van der Waals surface area contributed by atoms with Gasteiger partial charge in [-0.15, -0.1) is 0 Å². The summed E-state index contributed by atoms with van der Waals surface area (Å²) in [6.07, 6.45) is 4.27. The summed E-state index contributed by atoms with van der Waals surface area (Å²) in [5.74, 6) is -0.398.